The van der Waals surface area contributed by atoms with E-state index in [0.29, 0.717) is 6.04 Å². The molecule has 3 heteroatoms. The standard InChI is InChI=1S/C12H26N2O/c1-3-5-12-11-14(7-6-13-12)8-10-15-9-4-2/h12-13H,3-11H2,1-2H3. The van der Waals surface area contributed by atoms with Gasteiger partial charge < -0.3 is 10.1 Å². The predicted octanol–water partition coefficient (Wildman–Crippen LogP) is 1.49. The van der Waals surface area contributed by atoms with Gasteiger partial charge in [0.05, 0.1) is 6.61 Å². The van der Waals surface area contributed by atoms with E-state index in [4.69, 9.17) is 4.74 Å². The molecule has 1 N–H and O–H groups in total. The molecular weight excluding hydrogens is 188 g/mol. The predicted molar refractivity (Wildman–Crippen MR) is 64.2 cm³/mol. The third-order valence-electron chi connectivity index (χ3n) is 2.88. The Morgan fingerprint density at radius 3 is 2.87 bits per heavy atom. The molecule has 1 atom stereocenters. The zero-order valence-electron chi connectivity index (χ0n) is 10.3. The number of hydrogen-bond acceptors (Lipinski definition) is 3. The van der Waals surface area contributed by atoms with Gasteiger partial charge in [0, 0.05) is 38.8 Å². The molecule has 0 aromatic heterocycles. The molecule has 1 rings (SSSR count). The Bertz CT molecular complexity index is 151. The SMILES string of the molecule is CCCOCCN1CCNC(CCC)C1. The fourth-order valence-corrected chi connectivity index (χ4v) is 2.08. The number of hydrogen-bond donors (Lipinski definition) is 1. The second kappa shape index (κ2) is 8.08. The van der Waals surface area contributed by atoms with Gasteiger partial charge in [-0.3, -0.25) is 4.90 Å². The molecule has 3 nitrogen and oxygen atoms in total. The van der Waals surface area contributed by atoms with Crippen LogP contribution in [0.15, 0.2) is 0 Å². The highest BCUT2D eigenvalue weighted by molar-refractivity contribution is 4.77. The van der Waals surface area contributed by atoms with E-state index in [0.717, 1.165) is 32.7 Å². The summed E-state index contributed by atoms with van der Waals surface area (Å²) in [6, 6.07) is 0.704. The van der Waals surface area contributed by atoms with Crippen molar-refractivity contribution in [3.63, 3.8) is 0 Å². The summed E-state index contributed by atoms with van der Waals surface area (Å²) in [4.78, 5) is 2.52. The van der Waals surface area contributed by atoms with Gasteiger partial charge in [-0.05, 0) is 12.8 Å². The van der Waals surface area contributed by atoms with Crippen LogP contribution in [0.3, 0.4) is 0 Å². The van der Waals surface area contributed by atoms with Crippen LogP contribution >= 0.6 is 0 Å². The zero-order chi connectivity index (χ0) is 10.9. The maximum atomic E-state index is 5.52. The first kappa shape index (κ1) is 12.9. The van der Waals surface area contributed by atoms with Crippen molar-refractivity contribution < 1.29 is 4.74 Å². The highest BCUT2D eigenvalue weighted by Gasteiger charge is 2.17. The van der Waals surface area contributed by atoms with Crippen molar-refractivity contribution in [2.24, 2.45) is 0 Å². The fraction of sp³-hybridized carbons (Fsp3) is 1.00. The molecule has 0 radical (unpaired) electrons. The average molecular weight is 214 g/mol. The summed E-state index contributed by atoms with van der Waals surface area (Å²) in [6.45, 7) is 10.8. The van der Waals surface area contributed by atoms with Gasteiger partial charge in [0.2, 0.25) is 0 Å². The van der Waals surface area contributed by atoms with E-state index in [9.17, 15) is 0 Å². The van der Waals surface area contributed by atoms with Crippen molar-refractivity contribution in [2.75, 3.05) is 39.4 Å². The number of rotatable bonds is 7. The van der Waals surface area contributed by atoms with Crippen molar-refractivity contribution in [3.8, 4) is 0 Å². The quantitative estimate of drug-likeness (QED) is 0.650. The summed E-state index contributed by atoms with van der Waals surface area (Å²) in [5, 5.41) is 3.57. The van der Waals surface area contributed by atoms with Crippen LogP contribution in [0.2, 0.25) is 0 Å². The van der Waals surface area contributed by atoms with E-state index < -0.39 is 0 Å². The lowest BCUT2D eigenvalue weighted by Crippen LogP contribution is -2.51. The van der Waals surface area contributed by atoms with Gasteiger partial charge in [0.25, 0.3) is 0 Å². The summed E-state index contributed by atoms with van der Waals surface area (Å²) < 4.78 is 5.52. The molecule has 0 amide bonds. The van der Waals surface area contributed by atoms with Crippen LogP contribution in [-0.4, -0.2) is 50.3 Å². The maximum absolute atomic E-state index is 5.52. The molecule has 0 bridgehead atoms. The summed E-state index contributed by atoms with van der Waals surface area (Å²) in [6.07, 6.45) is 3.70. The zero-order valence-corrected chi connectivity index (χ0v) is 10.3. The van der Waals surface area contributed by atoms with E-state index in [-0.39, 0.29) is 0 Å². The number of nitrogens with zero attached hydrogens (tertiary/aromatic N) is 1. The first-order chi connectivity index (χ1) is 7.36. The lowest BCUT2D eigenvalue weighted by molar-refractivity contribution is 0.0911. The van der Waals surface area contributed by atoms with Gasteiger partial charge in [-0.25, -0.2) is 0 Å². The summed E-state index contributed by atoms with van der Waals surface area (Å²) in [5.74, 6) is 0. The third kappa shape index (κ3) is 5.50. The average Bonchev–Trinajstić information content (AvgIpc) is 2.26. The maximum Gasteiger partial charge on any atom is 0.0593 e. The number of piperazine rings is 1. The minimum Gasteiger partial charge on any atom is -0.380 e. The Morgan fingerprint density at radius 2 is 2.13 bits per heavy atom. The van der Waals surface area contributed by atoms with Crippen molar-refractivity contribution in [3.05, 3.63) is 0 Å². The molecule has 1 heterocycles. The Labute approximate surface area is 94.2 Å². The molecule has 15 heavy (non-hydrogen) atoms. The molecule has 1 aliphatic rings. The van der Waals surface area contributed by atoms with E-state index in [1.807, 2.05) is 0 Å². The van der Waals surface area contributed by atoms with Gasteiger partial charge >= 0.3 is 0 Å². The number of nitrogens with one attached hydrogen (secondary N) is 1. The molecule has 1 aliphatic heterocycles. The van der Waals surface area contributed by atoms with Crippen LogP contribution in [-0.2, 0) is 4.74 Å². The first-order valence-electron chi connectivity index (χ1n) is 6.40. The smallest absolute Gasteiger partial charge is 0.0593 e. The van der Waals surface area contributed by atoms with Crippen LogP contribution in [0.25, 0.3) is 0 Å². The Balaban J connectivity index is 2.07. The highest BCUT2D eigenvalue weighted by Crippen LogP contribution is 2.04. The van der Waals surface area contributed by atoms with Crippen molar-refractivity contribution in [1.82, 2.24) is 10.2 Å². The fourth-order valence-electron chi connectivity index (χ4n) is 2.08. The molecule has 1 saturated heterocycles. The second-order valence-corrected chi connectivity index (χ2v) is 4.35. The van der Waals surface area contributed by atoms with E-state index in [1.54, 1.807) is 0 Å². The molecule has 0 aliphatic carbocycles. The summed E-state index contributed by atoms with van der Waals surface area (Å²) >= 11 is 0. The van der Waals surface area contributed by atoms with Crippen LogP contribution in [0.4, 0.5) is 0 Å². The Morgan fingerprint density at radius 1 is 1.27 bits per heavy atom. The monoisotopic (exact) mass is 214 g/mol. The lowest BCUT2D eigenvalue weighted by Gasteiger charge is -2.33. The van der Waals surface area contributed by atoms with Crippen LogP contribution < -0.4 is 5.32 Å². The minimum atomic E-state index is 0.704. The molecule has 0 spiro atoms. The summed E-state index contributed by atoms with van der Waals surface area (Å²) in [5.41, 5.74) is 0. The molecule has 0 aromatic carbocycles. The Hall–Kier alpha value is -0.120. The van der Waals surface area contributed by atoms with Gasteiger partial charge in [-0.15, -0.1) is 0 Å². The van der Waals surface area contributed by atoms with Crippen LogP contribution in [0.1, 0.15) is 33.1 Å². The Kier molecular flexibility index (Phi) is 6.98. The van der Waals surface area contributed by atoms with Crippen LogP contribution in [0.5, 0.6) is 0 Å². The van der Waals surface area contributed by atoms with Gasteiger partial charge in [0.1, 0.15) is 0 Å². The lowest BCUT2D eigenvalue weighted by atomic mass is 10.1. The largest absolute Gasteiger partial charge is 0.380 e. The highest BCUT2D eigenvalue weighted by atomic mass is 16.5. The van der Waals surface area contributed by atoms with Gasteiger partial charge in [-0.2, -0.15) is 0 Å². The van der Waals surface area contributed by atoms with Crippen molar-refractivity contribution >= 4 is 0 Å². The van der Waals surface area contributed by atoms with E-state index >= 15 is 0 Å². The van der Waals surface area contributed by atoms with E-state index in [1.165, 1.54) is 25.9 Å². The molecule has 0 saturated carbocycles. The molecule has 0 aromatic rings. The molecule has 1 unspecified atom stereocenters. The van der Waals surface area contributed by atoms with Crippen LogP contribution in [0, 0.1) is 0 Å². The first-order valence-corrected chi connectivity index (χ1v) is 6.40. The topological polar surface area (TPSA) is 24.5 Å². The normalized spacial score (nSPS) is 23.2. The molecule has 90 valence electrons. The van der Waals surface area contributed by atoms with Crippen molar-refractivity contribution in [1.29, 1.82) is 0 Å². The van der Waals surface area contributed by atoms with Gasteiger partial charge in [0.15, 0.2) is 0 Å². The molecular formula is C12H26N2O. The number of ether oxygens (including phenoxy) is 1. The second-order valence-electron chi connectivity index (χ2n) is 4.35. The minimum absolute atomic E-state index is 0.704. The summed E-state index contributed by atoms with van der Waals surface area (Å²) in [7, 11) is 0. The molecule has 1 fully saturated rings. The van der Waals surface area contributed by atoms with Gasteiger partial charge in [-0.1, -0.05) is 20.3 Å². The van der Waals surface area contributed by atoms with Crippen molar-refractivity contribution in [2.45, 2.75) is 39.2 Å². The third-order valence-corrected chi connectivity index (χ3v) is 2.88. The van der Waals surface area contributed by atoms with E-state index in [2.05, 4.69) is 24.1 Å².